The molecule has 0 heterocycles. The molecule has 1 aromatic carbocycles. The summed E-state index contributed by atoms with van der Waals surface area (Å²) in [6.45, 7) is 5.29. The summed E-state index contributed by atoms with van der Waals surface area (Å²) in [4.78, 5) is 2.33. The van der Waals surface area contributed by atoms with E-state index >= 15 is 0 Å². The maximum atomic E-state index is 12.0. The van der Waals surface area contributed by atoms with E-state index in [1.54, 1.807) is 12.1 Å². The average Bonchev–Trinajstić information content (AvgIpc) is 2.37. The lowest BCUT2D eigenvalue weighted by Gasteiger charge is -2.23. The van der Waals surface area contributed by atoms with Gasteiger partial charge >= 0.3 is 0 Å². The maximum absolute atomic E-state index is 12.0. The Morgan fingerprint density at radius 1 is 1.42 bits per heavy atom. The van der Waals surface area contributed by atoms with Gasteiger partial charge in [0.1, 0.15) is 0 Å². The van der Waals surface area contributed by atoms with E-state index in [0.717, 1.165) is 6.42 Å². The van der Waals surface area contributed by atoms with Gasteiger partial charge in [-0.3, -0.25) is 0 Å². The van der Waals surface area contributed by atoms with Gasteiger partial charge in [0.15, 0.2) is 0 Å². The highest BCUT2D eigenvalue weighted by molar-refractivity contribution is 7.89. The number of hydrogen-bond donors (Lipinski definition) is 2. The fourth-order valence-electron chi connectivity index (χ4n) is 1.65. The highest BCUT2D eigenvalue weighted by atomic mass is 32.2. The van der Waals surface area contributed by atoms with Crippen LogP contribution in [-0.2, 0) is 10.0 Å². The number of hydrogen-bond acceptors (Lipinski definition) is 4. The molecule has 0 saturated carbocycles. The molecule has 0 fully saturated rings. The molecule has 1 unspecified atom stereocenters. The van der Waals surface area contributed by atoms with Crippen LogP contribution in [0.1, 0.15) is 20.3 Å². The lowest BCUT2D eigenvalue weighted by molar-refractivity contribution is 0.256. The quantitative estimate of drug-likeness (QED) is 0.740. The van der Waals surface area contributed by atoms with Gasteiger partial charge in [-0.25, -0.2) is 13.1 Å². The van der Waals surface area contributed by atoms with Gasteiger partial charge in [-0.15, -0.1) is 0 Å². The molecule has 1 rings (SSSR count). The van der Waals surface area contributed by atoms with Crippen LogP contribution in [0, 0.1) is 0 Å². The molecule has 0 bridgehead atoms. The fourth-order valence-corrected chi connectivity index (χ4v) is 2.73. The van der Waals surface area contributed by atoms with Gasteiger partial charge in [0, 0.05) is 24.8 Å². The van der Waals surface area contributed by atoms with Crippen LogP contribution in [0.5, 0.6) is 0 Å². The zero-order valence-electron chi connectivity index (χ0n) is 11.8. The second kappa shape index (κ2) is 6.88. The second-order valence-corrected chi connectivity index (χ2v) is 6.48. The van der Waals surface area contributed by atoms with Crippen LogP contribution in [0.3, 0.4) is 0 Å². The Kier molecular flexibility index (Phi) is 5.78. The van der Waals surface area contributed by atoms with Crippen molar-refractivity contribution < 1.29 is 8.42 Å². The Hall–Kier alpha value is -1.11. The third kappa shape index (κ3) is 4.81. The van der Waals surface area contributed by atoms with Crippen LogP contribution in [0.15, 0.2) is 29.2 Å². The van der Waals surface area contributed by atoms with Crippen molar-refractivity contribution in [3.05, 3.63) is 24.3 Å². The SMILES string of the molecule is CCC(C)N(C)CCNS(=O)(=O)c1cccc(N)c1. The number of rotatable bonds is 7. The molecular formula is C13H23N3O2S. The number of nitrogens with one attached hydrogen (secondary N) is 1. The van der Waals surface area contributed by atoms with E-state index in [4.69, 9.17) is 5.73 Å². The number of nitrogens with two attached hydrogens (primary N) is 1. The smallest absolute Gasteiger partial charge is 0.240 e. The second-order valence-electron chi connectivity index (χ2n) is 4.71. The Balaban J connectivity index is 2.57. The van der Waals surface area contributed by atoms with E-state index in [1.807, 2.05) is 7.05 Å². The molecule has 108 valence electrons. The molecule has 1 atom stereocenters. The molecule has 19 heavy (non-hydrogen) atoms. The van der Waals surface area contributed by atoms with Crippen LogP contribution < -0.4 is 10.5 Å². The van der Waals surface area contributed by atoms with Gasteiger partial charge in [-0.2, -0.15) is 0 Å². The van der Waals surface area contributed by atoms with Crippen molar-refractivity contribution in [3.63, 3.8) is 0 Å². The first kappa shape index (κ1) is 15.9. The van der Waals surface area contributed by atoms with E-state index in [2.05, 4.69) is 23.5 Å². The topological polar surface area (TPSA) is 75.4 Å². The number of nitrogens with zero attached hydrogens (tertiary/aromatic N) is 1. The standard InChI is InChI=1S/C13H23N3O2S/c1-4-11(2)16(3)9-8-15-19(17,18)13-7-5-6-12(14)10-13/h5-7,10-11,15H,4,8-9,14H2,1-3H3. The number of nitrogen functional groups attached to an aromatic ring is 1. The summed E-state index contributed by atoms with van der Waals surface area (Å²) in [7, 11) is -1.48. The van der Waals surface area contributed by atoms with Crippen LogP contribution in [0.2, 0.25) is 0 Å². The summed E-state index contributed by atoms with van der Waals surface area (Å²) >= 11 is 0. The van der Waals surface area contributed by atoms with Gasteiger partial charge in [-0.1, -0.05) is 13.0 Å². The molecule has 3 N–H and O–H groups in total. The number of anilines is 1. The third-order valence-electron chi connectivity index (χ3n) is 3.27. The summed E-state index contributed by atoms with van der Waals surface area (Å²) in [5, 5.41) is 0. The van der Waals surface area contributed by atoms with Crippen LogP contribution in [-0.4, -0.2) is 39.5 Å². The van der Waals surface area contributed by atoms with Crippen molar-refractivity contribution in [1.82, 2.24) is 9.62 Å². The number of sulfonamides is 1. The van der Waals surface area contributed by atoms with Crippen LogP contribution in [0.4, 0.5) is 5.69 Å². The molecule has 1 aromatic rings. The average molecular weight is 285 g/mol. The molecule has 0 aliphatic rings. The van der Waals surface area contributed by atoms with E-state index in [1.165, 1.54) is 12.1 Å². The highest BCUT2D eigenvalue weighted by Crippen LogP contribution is 2.12. The Morgan fingerprint density at radius 2 is 2.11 bits per heavy atom. The van der Waals surface area contributed by atoms with Gasteiger partial charge in [-0.05, 0) is 38.6 Å². The van der Waals surface area contributed by atoms with Gasteiger partial charge in [0.05, 0.1) is 4.90 Å². The predicted octanol–water partition coefficient (Wildman–Crippen LogP) is 1.28. The first-order valence-electron chi connectivity index (χ1n) is 6.42. The predicted molar refractivity (Wildman–Crippen MR) is 78.4 cm³/mol. The summed E-state index contributed by atoms with van der Waals surface area (Å²) in [5.41, 5.74) is 6.03. The molecule has 0 spiro atoms. The molecule has 0 aromatic heterocycles. The summed E-state index contributed by atoms with van der Waals surface area (Å²) in [6.07, 6.45) is 1.04. The lowest BCUT2D eigenvalue weighted by atomic mass is 10.2. The molecular weight excluding hydrogens is 262 g/mol. The largest absolute Gasteiger partial charge is 0.399 e. The first-order valence-corrected chi connectivity index (χ1v) is 7.90. The lowest BCUT2D eigenvalue weighted by Crippen LogP contribution is -2.37. The Bertz CT molecular complexity index is 502. The Morgan fingerprint density at radius 3 is 2.68 bits per heavy atom. The van der Waals surface area contributed by atoms with Crippen molar-refractivity contribution in [1.29, 1.82) is 0 Å². The minimum Gasteiger partial charge on any atom is -0.399 e. The third-order valence-corrected chi connectivity index (χ3v) is 4.73. The first-order chi connectivity index (χ1) is 8.86. The summed E-state index contributed by atoms with van der Waals surface area (Å²) in [5.74, 6) is 0. The minimum atomic E-state index is -3.47. The molecule has 5 nitrogen and oxygen atoms in total. The number of benzene rings is 1. The normalized spacial score (nSPS) is 13.7. The zero-order chi connectivity index (χ0) is 14.5. The van der Waals surface area contributed by atoms with Crippen molar-refractivity contribution in [3.8, 4) is 0 Å². The zero-order valence-corrected chi connectivity index (χ0v) is 12.6. The Labute approximate surface area is 115 Å². The molecule has 6 heteroatoms. The molecule has 0 aliphatic carbocycles. The summed E-state index contributed by atoms with van der Waals surface area (Å²) in [6, 6.07) is 6.74. The fraction of sp³-hybridized carbons (Fsp3) is 0.538. The number of likely N-dealkylation sites (N-methyl/N-ethyl adjacent to an activating group) is 1. The van der Waals surface area contributed by atoms with Crippen molar-refractivity contribution in [2.75, 3.05) is 25.9 Å². The van der Waals surface area contributed by atoms with Crippen molar-refractivity contribution in [2.45, 2.75) is 31.2 Å². The van der Waals surface area contributed by atoms with Gasteiger partial charge in [0.2, 0.25) is 10.0 Å². The highest BCUT2D eigenvalue weighted by Gasteiger charge is 2.14. The van der Waals surface area contributed by atoms with E-state index in [-0.39, 0.29) is 4.90 Å². The maximum Gasteiger partial charge on any atom is 0.240 e. The van der Waals surface area contributed by atoms with E-state index in [0.29, 0.717) is 24.8 Å². The molecule has 0 aliphatic heterocycles. The monoisotopic (exact) mass is 285 g/mol. The van der Waals surface area contributed by atoms with Crippen LogP contribution >= 0.6 is 0 Å². The molecule has 0 saturated heterocycles. The van der Waals surface area contributed by atoms with Gasteiger partial charge < -0.3 is 10.6 Å². The summed E-state index contributed by atoms with van der Waals surface area (Å²) < 4.78 is 26.6. The molecule has 0 radical (unpaired) electrons. The van der Waals surface area contributed by atoms with E-state index in [9.17, 15) is 8.42 Å². The molecule has 0 amide bonds. The van der Waals surface area contributed by atoms with Crippen molar-refractivity contribution in [2.24, 2.45) is 0 Å². The van der Waals surface area contributed by atoms with Crippen molar-refractivity contribution >= 4 is 15.7 Å². The van der Waals surface area contributed by atoms with E-state index < -0.39 is 10.0 Å². The van der Waals surface area contributed by atoms with Crippen LogP contribution in [0.25, 0.3) is 0 Å². The minimum absolute atomic E-state index is 0.207. The van der Waals surface area contributed by atoms with Gasteiger partial charge in [0.25, 0.3) is 0 Å².